The average molecular weight is 344 g/mol. The molecule has 1 heterocycles. The maximum absolute atomic E-state index is 12.7. The molecule has 1 aliphatic rings. The van der Waals surface area contributed by atoms with E-state index in [2.05, 4.69) is 0 Å². The van der Waals surface area contributed by atoms with Crippen LogP contribution in [0, 0.1) is 18.3 Å². The lowest BCUT2D eigenvalue weighted by Crippen LogP contribution is -2.43. The number of nitrogens with one attached hydrogen (secondary N) is 1. The Balaban J connectivity index is 2.21. The monoisotopic (exact) mass is 344 g/mol. The SMILES string of the molecule is CCOC(=O)C1CCCN(C(=O)/C(C=N)=C(/O)c2ccc(C)cc2)C1. The molecule has 1 aromatic rings. The van der Waals surface area contributed by atoms with Crippen molar-refractivity contribution >= 4 is 23.9 Å². The van der Waals surface area contributed by atoms with Gasteiger partial charge in [-0.15, -0.1) is 0 Å². The van der Waals surface area contributed by atoms with Crippen molar-refractivity contribution in [3.63, 3.8) is 0 Å². The molecule has 1 atom stereocenters. The number of aryl methyl sites for hydroxylation is 1. The van der Waals surface area contributed by atoms with Gasteiger partial charge in [0.1, 0.15) is 5.76 Å². The summed E-state index contributed by atoms with van der Waals surface area (Å²) in [5, 5.41) is 18.0. The number of amides is 1. The van der Waals surface area contributed by atoms with Gasteiger partial charge in [-0.2, -0.15) is 0 Å². The van der Waals surface area contributed by atoms with Crippen LogP contribution in [0.1, 0.15) is 30.9 Å². The van der Waals surface area contributed by atoms with E-state index in [4.69, 9.17) is 10.1 Å². The summed E-state index contributed by atoms with van der Waals surface area (Å²) in [6.07, 6.45) is 2.23. The van der Waals surface area contributed by atoms with Gasteiger partial charge < -0.3 is 20.2 Å². The molecule has 1 aliphatic heterocycles. The number of carbonyl (C=O) groups excluding carboxylic acids is 2. The van der Waals surface area contributed by atoms with E-state index in [1.165, 1.54) is 4.90 Å². The van der Waals surface area contributed by atoms with Crippen LogP contribution in [0.15, 0.2) is 29.8 Å². The molecule has 134 valence electrons. The Kier molecular flexibility index (Phi) is 6.33. The van der Waals surface area contributed by atoms with Crippen molar-refractivity contribution in [2.75, 3.05) is 19.7 Å². The van der Waals surface area contributed by atoms with E-state index in [0.29, 0.717) is 31.6 Å². The first-order chi connectivity index (χ1) is 12.0. The molecule has 1 amide bonds. The Morgan fingerprint density at radius 3 is 2.64 bits per heavy atom. The van der Waals surface area contributed by atoms with E-state index in [-0.39, 0.29) is 29.8 Å². The molecule has 0 bridgehead atoms. The topological polar surface area (TPSA) is 90.7 Å². The van der Waals surface area contributed by atoms with E-state index in [9.17, 15) is 14.7 Å². The minimum absolute atomic E-state index is 0.0756. The molecule has 1 aromatic carbocycles. The molecule has 6 nitrogen and oxygen atoms in total. The van der Waals surface area contributed by atoms with Gasteiger partial charge in [-0.05, 0) is 26.7 Å². The fourth-order valence-corrected chi connectivity index (χ4v) is 2.88. The van der Waals surface area contributed by atoms with E-state index in [1.807, 2.05) is 19.1 Å². The number of piperidine rings is 1. The molecule has 0 saturated carbocycles. The number of carbonyl (C=O) groups is 2. The fourth-order valence-electron chi connectivity index (χ4n) is 2.88. The molecule has 6 heteroatoms. The number of ether oxygens (including phenoxy) is 1. The summed E-state index contributed by atoms with van der Waals surface area (Å²) >= 11 is 0. The molecule has 0 spiro atoms. The van der Waals surface area contributed by atoms with Crippen LogP contribution in [0.5, 0.6) is 0 Å². The lowest BCUT2D eigenvalue weighted by atomic mass is 9.97. The van der Waals surface area contributed by atoms with Crippen molar-refractivity contribution in [3.8, 4) is 0 Å². The lowest BCUT2D eigenvalue weighted by molar-refractivity contribution is -0.150. The highest BCUT2D eigenvalue weighted by atomic mass is 16.5. The molecule has 0 aliphatic carbocycles. The molecular formula is C19H24N2O4. The third kappa shape index (κ3) is 4.47. The second-order valence-electron chi connectivity index (χ2n) is 6.12. The van der Waals surface area contributed by atoms with Gasteiger partial charge in [0, 0.05) is 24.9 Å². The molecule has 2 rings (SSSR count). The van der Waals surface area contributed by atoms with E-state index in [0.717, 1.165) is 11.8 Å². The first kappa shape index (κ1) is 18.7. The molecule has 0 radical (unpaired) electrons. The summed E-state index contributed by atoms with van der Waals surface area (Å²) in [5.74, 6) is -1.32. The van der Waals surface area contributed by atoms with Gasteiger partial charge in [0.25, 0.3) is 5.91 Å². The minimum atomic E-state index is -0.443. The Hall–Kier alpha value is -2.63. The van der Waals surface area contributed by atoms with Gasteiger partial charge in [-0.25, -0.2) is 0 Å². The van der Waals surface area contributed by atoms with Gasteiger partial charge in [0.15, 0.2) is 0 Å². The number of benzene rings is 1. The van der Waals surface area contributed by atoms with Crippen molar-refractivity contribution < 1.29 is 19.4 Å². The Bertz CT molecular complexity index is 679. The number of aliphatic hydroxyl groups excluding tert-OH is 1. The molecule has 1 fully saturated rings. The number of hydrogen-bond donors (Lipinski definition) is 2. The number of rotatable bonds is 5. The quantitative estimate of drug-likeness (QED) is 0.372. The Labute approximate surface area is 147 Å². The fraction of sp³-hybridized carbons (Fsp3) is 0.421. The Morgan fingerprint density at radius 2 is 2.04 bits per heavy atom. The summed E-state index contributed by atoms with van der Waals surface area (Å²) < 4.78 is 5.04. The smallest absolute Gasteiger partial charge is 0.310 e. The maximum atomic E-state index is 12.7. The number of esters is 1. The van der Waals surface area contributed by atoms with Crippen molar-refractivity contribution in [2.45, 2.75) is 26.7 Å². The number of likely N-dealkylation sites (tertiary alicyclic amines) is 1. The van der Waals surface area contributed by atoms with Crippen LogP contribution in [0.25, 0.3) is 5.76 Å². The zero-order valence-electron chi connectivity index (χ0n) is 14.6. The maximum Gasteiger partial charge on any atom is 0.310 e. The number of aliphatic hydroxyl groups is 1. The van der Waals surface area contributed by atoms with Gasteiger partial charge in [0.2, 0.25) is 0 Å². The minimum Gasteiger partial charge on any atom is -0.506 e. The van der Waals surface area contributed by atoms with E-state index < -0.39 is 5.91 Å². The number of nitrogens with zero attached hydrogens (tertiary/aromatic N) is 1. The lowest BCUT2D eigenvalue weighted by Gasteiger charge is -2.31. The highest BCUT2D eigenvalue weighted by Crippen LogP contribution is 2.22. The summed E-state index contributed by atoms with van der Waals surface area (Å²) in [5.41, 5.74) is 1.44. The van der Waals surface area contributed by atoms with Crippen LogP contribution in [0.3, 0.4) is 0 Å². The van der Waals surface area contributed by atoms with Crippen LogP contribution in [-0.4, -0.2) is 47.8 Å². The van der Waals surface area contributed by atoms with Gasteiger partial charge in [-0.1, -0.05) is 29.8 Å². The predicted molar refractivity (Wildman–Crippen MR) is 95.4 cm³/mol. The third-order valence-corrected chi connectivity index (χ3v) is 4.28. The van der Waals surface area contributed by atoms with Crippen molar-refractivity contribution in [3.05, 3.63) is 41.0 Å². The van der Waals surface area contributed by atoms with Crippen molar-refractivity contribution in [1.82, 2.24) is 4.90 Å². The van der Waals surface area contributed by atoms with Gasteiger partial charge in [-0.3, -0.25) is 9.59 Å². The Morgan fingerprint density at radius 1 is 1.36 bits per heavy atom. The van der Waals surface area contributed by atoms with Crippen LogP contribution in [0.4, 0.5) is 0 Å². The first-order valence-electron chi connectivity index (χ1n) is 8.44. The van der Waals surface area contributed by atoms with E-state index in [1.54, 1.807) is 19.1 Å². The summed E-state index contributed by atoms with van der Waals surface area (Å²) in [6, 6.07) is 7.07. The van der Waals surface area contributed by atoms with Gasteiger partial charge in [0.05, 0.1) is 18.1 Å². The molecule has 0 aromatic heterocycles. The zero-order valence-corrected chi connectivity index (χ0v) is 14.6. The number of hydrogen-bond acceptors (Lipinski definition) is 5. The standard InChI is InChI=1S/C19H24N2O4/c1-3-25-19(24)15-5-4-10-21(12-15)18(23)16(11-20)17(22)14-8-6-13(2)7-9-14/h6-9,11,15,20,22H,3-5,10,12H2,1-2H3/b17-16+,20-11?. The molecule has 25 heavy (non-hydrogen) atoms. The summed E-state index contributed by atoms with van der Waals surface area (Å²) in [6.45, 7) is 4.72. The molecule has 1 saturated heterocycles. The highest BCUT2D eigenvalue weighted by molar-refractivity contribution is 6.16. The normalized spacial score (nSPS) is 18.3. The zero-order chi connectivity index (χ0) is 18.4. The van der Waals surface area contributed by atoms with Crippen molar-refractivity contribution in [2.24, 2.45) is 5.92 Å². The largest absolute Gasteiger partial charge is 0.506 e. The molecule has 2 N–H and O–H groups in total. The summed E-state index contributed by atoms with van der Waals surface area (Å²) in [7, 11) is 0. The van der Waals surface area contributed by atoms with Crippen LogP contribution in [-0.2, 0) is 14.3 Å². The molecule has 1 unspecified atom stereocenters. The predicted octanol–water partition coefficient (Wildman–Crippen LogP) is 2.72. The third-order valence-electron chi connectivity index (χ3n) is 4.28. The van der Waals surface area contributed by atoms with E-state index >= 15 is 0 Å². The van der Waals surface area contributed by atoms with Crippen LogP contribution < -0.4 is 0 Å². The molecular weight excluding hydrogens is 320 g/mol. The summed E-state index contributed by atoms with van der Waals surface area (Å²) in [4.78, 5) is 26.2. The van der Waals surface area contributed by atoms with Crippen LogP contribution >= 0.6 is 0 Å². The highest BCUT2D eigenvalue weighted by Gasteiger charge is 2.31. The van der Waals surface area contributed by atoms with Gasteiger partial charge >= 0.3 is 5.97 Å². The first-order valence-corrected chi connectivity index (χ1v) is 8.44. The average Bonchev–Trinajstić information content (AvgIpc) is 2.63. The van der Waals surface area contributed by atoms with Crippen LogP contribution in [0.2, 0.25) is 0 Å². The second kappa shape index (κ2) is 8.46. The second-order valence-corrected chi connectivity index (χ2v) is 6.12. The van der Waals surface area contributed by atoms with Crippen molar-refractivity contribution in [1.29, 1.82) is 5.41 Å².